The van der Waals surface area contributed by atoms with Gasteiger partial charge in [-0.3, -0.25) is 0 Å². The summed E-state index contributed by atoms with van der Waals surface area (Å²) >= 11 is 11.4. The molecule has 0 heterocycles. The lowest BCUT2D eigenvalue weighted by Crippen LogP contribution is -2.02. The lowest BCUT2D eigenvalue weighted by Gasteiger charge is -2.00. The first-order valence-corrected chi connectivity index (χ1v) is 4.29. The Balaban J connectivity index is 3.17. The summed E-state index contributed by atoms with van der Waals surface area (Å²) in [4.78, 5) is 0. The minimum absolute atomic E-state index is 0.0666. The van der Waals surface area contributed by atoms with E-state index in [4.69, 9.17) is 33.6 Å². The van der Waals surface area contributed by atoms with Gasteiger partial charge in [0.2, 0.25) is 0 Å². The number of benzene rings is 1. The second kappa shape index (κ2) is 4.83. The summed E-state index contributed by atoms with van der Waals surface area (Å²) in [6, 6.07) is 4.60. The van der Waals surface area contributed by atoms with Crippen molar-refractivity contribution in [3.63, 3.8) is 0 Å². The molecule has 0 aliphatic heterocycles. The Morgan fingerprint density at radius 1 is 1.14 bits per heavy atom. The molecule has 0 amide bonds. The highest BCUT2D eigenvalue weighted by Crippen LogP contribution is 2.19. The molecule has 0 radical (unpaired) electrons. The van der Waals surface area contributed by atoms with Gasteiger partial charge in [-0.25, -0.2) is 0 Å². The molecule has 0 saturated carbocycles. The molecule has 0 aliphatic rings. The summed E-state index contributed by atoms with van der Waals surface area (Å²) in [6.07, 6.45) is 0.974. The summed E-state index contributed by atoms with van der Waals surface area (Å²) in [5.41, 5.74) is 0.528. The first-order chi connectivity index (χ1) is 6.67. The molecule has 14 heavy (non-hydrogen) atoms. The molecule has 0 aromatic heterocycles. The molecule has 2 N–H and O–H groups in total. The van der Waals surface area contributed by atoms with Gasteiger partial charge in [-0.2, -0.15) is 0 Å². The molecule has 1 aromatic carbocycles. The van der Waals surface area contributed by atoms with Crippen molar-refractivity contribution in [2.45, 2.75) is 0 Å². The molecule has 4 nitrogen and oxygen atoms in total. The van der Waals surface area contributed by atoms with Crippen molar-refractivity contribution >= 4 is 35.1 Å². The van der Waals surface area contributed by atoms with Gasteiger partial charge in [0.1, 0.15) is 5.71 Å². The van der Waals surface area contributed by atoms with Crippen molar-refractivity contribution in [1.29, 1.82) is 0 Å². The van der Waals surface area contributed by atoms with Crippen LogP contribution < -0.4 is 0 Å². The van der Waals surface area contributed by atoms with E-state index in [0.717, 1.165) is 6.21 Å². The van der Waals surface area contributed by atoms with Gasteiger partial charge in [-0.05, 0) is 18.2 Å². The molecular formula is C8H6Cl2N2O2. The summed E-state index contributed by atoms with van der Waals surface area (Å²) in [5, 5.41) is 23.3. The third kappa shape index (κ3) is 2.61. The van der Waals surface area contributed by atoms with E-state index in [2.05, 4.69) is 10.3 Å². The predicted octanol–water partition coefficient (Wildman–Crippen LogP) is 2.63. The number of hydrogen-bond donors (Lipinski definition) is 2. The Kier molecular flexibility index (Phi) is 3.73. The normalized spacial score (nSPS) is 12.3. The van der Waals surface area contributed by atoms with E-state index in [-0.39, 0.29) is 5.71 Å². The third-order valence-electron chi connectivity index (χ3n) is 1.45. The van der Waals surface area contributed by atoms with Crippen molar-refractivity contribution in [2.24, 2.45) is 10.3 Å². The van der Waals surface area contributed by atoms with Gasteiger partial charge in [0, 0.05) is 15.6 Å². The molecule has 0 spiro atoms. The van der Waals surface area contributed by atoms with E-state index in [1.54, 1.807) is 0 Å². The van der Waals surface area contributed by atoms with E-state index in [9.17, 15) is 0 Å². The van der Waals surface area contributed by atoms with Crippen LogP contribution >= 0.6 is 23.2 Å². The molecule has 74 valence electrons. The van der Waals surface area contributed by atoms with Gasteiger partial charge in [-0.1, -0.05) is 33.5 Å². The maximum atomic E-state index is 8.59. The smallest absolute Gasteiger partial charge is 0.131 e. The Morgan fingerprint density at radius 3 is 2.14 bits per heavy atom. The lowest BCUT2D eigenvalue weighted by molar-refractivity contribution is 0.316. The third-order valence-corrected chi connectivity index (χ3v) is 1.88. The highest BCUT2D eigenvalue weighted by molar-refractivity contribution is 6.40. The quantitative estimate of drug-likeness (QED) is 0.468. The summed E-state index contributed by atoms with van der Waals surface area (Å²) in [5.74, 6) is 0. The first kappa shape index (κ1) is 10.8. The molecule has 0 fully saturated rings. The molecule has 0 saturated heterocycles. The van der Waals surface area contributed by atoms with Gasteiger partial charge in [0.25, 0.3) is 0 Å². The summed E-state index contributed by atoms with van der Waals surface area (Å²) < 4.78 is 0. The molecule has 1 rings (SSSR count). The maximum absolute atomic E-state index is 8.59. The first-order valence-electron chi connectivity index (χ1n) is 3.53. The molecule has 1 aromatic rings. The van der Waals surface area contributed by atoms with Crippen LogP contribution in [0.5, 0.6) is 0 Å². The van der Waals surface area contributed by atoms with Gasteiger partial charge < -0.3 is 10.4 Å². The van der Waals surface area contributed by atoms with E-state index in [0.29, 0.717) is 15.6 Å². The molecule has 0 aliphatic carbocycles. The summed E-state index contributed by atoms with van der Waals surface area (Å²) in [6.45, 7) is 0. The number of nitrogens with zero attached hydrogens (tertiary/aromatic N) is 2. The van der Waals surface area contributed by atoms with Crippen LogP contribution in [-0.2, 0) is 0 Å². The second-order valence-corrected chi connectivity index (χ2v) is 3.26. The summed E-state index contributed by atoms with van der Waals surface area (Å²) in [7, 11) is 0. The number of oxime groups is 2. The predicted molar refractivity (Wildman–Crippen MR) is 55.1 cm³/mol. The van der Waals surface area contributed by atoms with Gasteiger partial charge in [0.15, 0.2) is 0 Å². The average Bonchev–Trinajstić information content (AvgIpc) is 2.12. The van der Waals surface area contributed by atoms with Crippen molar-refractivity contribution < 1.29 is 10.4 Å². The fourth-order valence-electron chi connectivity index (χ4n) is 0.914. The number of halogens is 2. The van der Waals surface area contributed by atoms with Crippen LogP contribution in [0.25, 0.3) is 0 Å². The highest BCUT2D eigenvalue weighted by Gasteiger charge is 2.04. The van der Waals surface area contributed by atoms with Crippen LogP contribution in [0.3, 0.4) is 0 Å². The van der Waals surface area contributed by atoms with Crippen molar-refractivity contribution in [3.8, 4) is 0 Å². The van der Waals surface area contributed by atoms with E-state index < -0.39 is 0 Å². The maximum Gasteiger partial charge on any atom is 0.131 e. The van der Waals surface area contributed by atoms with Crippen LogP contribution in [0.15, 0.2) is 28.5 Å². The van der Waals surface area contributed by atoms with E-state index >= 15 is 0 Å². The topological polar surface area (TPSA) is 65.2 Å². The van der Waals surface area contributed by atoms with Crippen LogP contribution in [-0.4, -0.2) is 22.3 Å². The molecule has 6 heteroatoms. The Hall–Kier alpha value is -1.26. The van der Waals surface area contributed by atoms with Gasteiger partial charge >= 0.3 is 0 Å². The van der Waals surface area contributed by atoms with E-state index in [1.807, 2.05) is 0 Å². The van der Waals surface area contributed by atoms with Crippen molar-refractivity contribution in [3.05, 3.63) is 33.8 Å². The zero-order valence-corrected chi connectivity index (χ0v) is 8.37. The average molecular weight is 233 g/mol. The van der Waals surface area contributed by atoms with Crippen LogP contribution in [0, 0.1) is 0 Å². The molecule has 0 bridgehead atoms. The van der Waals surface area contributed by atoms with Crippen LogP contribution in [0.4, 0.5) is 0 Å². The number of rotatable bonds is 2. The fraction of sp³-hybridized carbons (Fsp3) is 0. The highest BCUT2D eigenvalue weighted by atomic mass is 35.5. The fourth-order valence-corrected chi connectivity index (χ4v) is 1.44. The molecule has 0 unspecified atom stereocenters. The Morgan fingerprint density at radius 2 is 1.71 bits per heavy atom. The lowest BCUT2D eigenvalue weighted by atomic mass is 10.1. The molecular weight excluding hydrogens is 227 g/mol. The zero-order valence-electron chi connectivity index (χ0n) is 6.85. The van der Waals surface area contributed by atoms with Gasteiger partial charge in [-0.15, -0.1) is 0 Å². The van der Waals surface area contributed by atoms with Gasteiger partial charge in [0.05, 0.1) is 6.21 Å². The zero-order chi connectivity index (χ0) is 10.6. The van der Waals surface area contributed by atoms with Crippen molar-refractivity contribution in [1.82, 2.24) is 0 Å². The Bertz CT molecular complexity index is 371. The minimum Gasteiger partial charge on any atom is -0.411 e. The number of hydrogen-bond acceptors (Lipinski definition) is 4. The Labute approximate surface area is 90.1 Å². The SMILES string of the molecule is ON=CC(=NO)c1cc(Cl)cc(Cl)c1. The largest absolute Gasteiger partial charge is 0.411 e. The van der Waals surface area contributed by atoms with Crippen LogP contribution in [0.1, 0.15) is 5.56 Å². The molecule has 0 atom stereocenters. The van der Waals surface area contributed by atoms with Crippen molar-refractivity contribution in [2.75, 3.05) is 0 Å². The second-order valence-electron chi connectivity index (χ2n) is 2.39. The standard InChI is InChI=1S/C8H6Cl2N2O2/c9-6-1-5(2-7(10)3-6)8(12-14)4-11-13/h1-4,13-14H. The monoisotopic (exact) mass is 232 g/mol. The van der Waals surface area contributed by atoms with E-state index in [1.165, 1.54) is 18.2 Å². The minimum atomic E-state index is 0.0666. The van der Waals surface area contributed by atoms with Crippen LogP contribution in [0.2, 0.25) is 10.0 Å².